The number of benzene rings is 1. The van der Waals surface area contributed by atoms with Crippen LogP contribution in [0.15, 0.2) is 24.3 Å². The number of nitrogens with one attached hydrogen (secondary N) is 1. The molecule has 4 heteroatoms. The third-order valence-electron chi connectivity index (χ3n) is 3.41. The van der Waals surface area contributed by atoms with Crippen molar-refractivity contribution >= 4 is 17.4 Å². The summed E-state index contributed by atoms with van der Waals surface area (Å²) in [6.07, 6.45) is 0.650. The van der Waals surface area contributed by atoms with E-state index >= 15 is 0 Å². The number of hydrogen-bond donors (Lipinski definition) is 1. The molecule has 21 heavy (non-hydrogen) atoms. The first-order valence-electron chi connectivity index (χ1n) is 7.37. The Morgan fingerprint density at radius 3 is 2.52 bits per heavy atom. The van der Waals surface area contributed by atoms with Crippen molar-refractivity contribution in [2.24, 2.45) is 0 Å². The third-order valence-corrected chi connectivity index (χ3v) is 3.78. The van der Waals surface area contributed by atoms with Crippen LogP contribution in [0.4, 0.5) is 5.82 Å². The molecule has 0 atom stereocenters. The molecule has 1 aromatic heterocycles. The van der Waals surface area contributed by atoms with E-state index in [0.29, 0.717) is 12.3 Å². The zero-order chi connectivity index (χ0) is 15.4. The molecule has 0 spiro atoms. The number of aryl methyl sites for hydroxylation is 1. The van der Waals surface area contributed by atoms with Crippen molar-refractivity contribution in [2.45, 2.75) is 40.0 Å². The summed E-state index contributed by atoms with van der Waals surface area (Å²) in [5, 5.41) is 4.12. The molecule has 0 aliphatic rings. The van der Waals surface area contributed by atoms with Crippen LogP contribution in [0.1, 0.15) is 49.3 Å². The molecule has 0 aliphatic heterocycles. The van der Waals surface area contributed by atoms with E-state index in [9.17, 15) is 0 Å². The number of anilines is 1. The van der Waals surface area contributed by atoms with Gasteiger partial charge in [-0.1, -0.05) is 43.6 Å². The minimum absolute atomic E-state index is 0.397. The molecule has 2 rings (SSSR count). The van der Waals surface area contributed by atoms with Gasteiger partial charge in [0.2, 0.25) is 0 Å². The summed E-state index contributed by atoms with van der Waals surface area (Å²) in [7, 11) is 0. The molecule has 0 amide bonds. The van der Waals surface area contributed by atoms with Gasteiger partial charge in [0.25, 0.3) is 0 Å². The Bertz CT molecular complexity index is 623. The molecule has 0 bridgehead atoms. The lowest BCUT2D eigenvalue weighted by molar-refractivity contribution is 0.811. The Kier molecular flexibility index (Phi) is 5.18. The van der Waals surface area contributed by atoms with Crippen LogP contribution in [-0.4, -0.2) is 16.5 Å². The average molecular weight is 304 g/mol. The van der Waals surface area contributed by atoms with Crippen LogP contribution in [0.25, 0.3) is 0 Å². The normalized spacial score (nSPS) is 11.0. The molecule has 112 valence electrons. The van der Waals surface area contributed by atoms with E-state index in [1.807, 2.05) is 31.2 Å². The molecule has 0 aliphatic carbocycles. The molecule has 3 nitrogen and oxygen atoms in total. The van der Waals surface area contributed by atoms with Crippen LogP contribution >= 0.6 is 11.6 Å². The van der Waals surface area contributed by atoms with Gasteiger partial charge in [-0.3, -0.25) is 0 Å². The second-order valence-electron chi connectivity index (χ2n) is 5.44. The van der Waals surface area contributed by atoms with Gasteiger partial charge in [-0.15, -0.1) is 0 Å². The molecule has 0 fully saturated rings. The second kappa shape index (κ2) is 6.90. The highest BCUT2D eigenvalue weighted by molar-refractivity contribution is 6.31. The lowest BCUT2D eigenvalue weighted by atomic mass is 10.0. The minimum atomic E-state index is 0.397. The maximum Gasteiger partial charge on any atom is 0.135 e. The zero-order valence-electron chi connectivity index (χ0n) is 13.1. The molecule has 2 aromatic rings. The van der Waals surface area contributed by atoms with Gasteiger partial charge in [0, 0.05) is 29.2 Å². The molecule has 0 unspecified atom stereocenters. The van der Waals surface area contributed by atoms with Gasteiger partial charge in [-0.2, -0.15) is 0 Å². The average Bonchev–Trinajstić information content (AvgIpc) is 2.41. The smallest absolute Gasteiger partial charge is 0.135 e. The van der Waals surface area contributed by atoms with Crippen LogP contribution in [0, 0.1) is 6.92 Å². The SMILES string of the molecule is CCNc1nc(Cc2ccccc2Cl)nc(C)c1C(C)C. The van der Waals surface area contributed by atoms with Crippen LogP contribution < -0.4 is 5.32 Å². The van der Waals surface area contributed by atoms with Crippen LogP contribution in [0.5, 0.6) is 0 Å². The summed E-state index contributed by atoms with van der Waals surface area (Å²) >= 11 is 6.23. The highest BCUT2D eigenvalue weighted by Gasteiger charge is 2.15. The van der Waals surface area contributed by atoms with Gasteiger partial charge < -0.3 is 5.32 Å². The predicted molar refractivity (Wildman–Crippen MR) is 89.3 cm³/mol. The number of nitrogens with zero attached hydrogens (tertiary/aromatic N) is 2. The number of halogens is 1. The number of aromatic nitrogens is 2. The van der Waals surface area contributed by atoms with Crippen molar-refractivity contribution in [1.29, 1.82) is 0 Å². The van der Waals surface area contributed by atoms with Gasteiger partial charge in [-0.25, -0.2) is 9.97 Å². The fourth-order valence-corrected chi connectivity index (χ4v) is 2.73. The molecule has 1 aromatic carbocycles. The summed E-state index contributed by atoms with van der Waals surface area (Å²) in [4.78, 5) is 9.36. The Labute approximate surface area is 131 Å². The quantitative estimate of drug-likeness (QED) is 0.878. The topological polar surface area (TPSA) is 37.8 Å². The van der Waals surface area contributed by atoms with Gasteiger partial charge in [0.1, 0.15) is 11.6 Å². The molecule has 0 saturated heterocycles. The maximum absolute atomic E-state index is 6.23. The summed E-state index contributed by atoms with van der Waals surface area (Å²) < 4.78 is 0. The summed E-state index contributed by atoms with van der Waals surface area (Å²) in [5.74, 6) is 2.15. The van der Waals surface area contributed by atoms with E-state index in [1.54, 1.807) is 0 Å². The van der Waals surface area contributed by atoms with Crippen molar-refractivity contribution in [1.82, 2.24) is 9.97 Å². The van der Waals surface area contributed by atoms with E-state index in [4.69, 9.17) is 16.6 Å². The first-order valence-corrected chi connectivity index (χ1v) is 7.75. The highest BCUT2D eigenvalue weighted by atomic mass is 35.5. The Hall–Kier alpha value is -1.61. The Morgan fingerprint density at radius 2 is 1.90 bits per heavy atom. The van der Waals surface area contributed by atoms with E-state index in [2.05, 4.69) is 31.1 Å². The van der Waals surface area contributed by atoms with E-state index in [1.165, 1.54) is 5.56 Å². The van der Waals surface area contributed by atoms with Gasteiger partial charge in [0.15, 0.2) is 0 Å². The summed E-state index contributed by atoms with van der Waals surface area (Å²) in [6.45, 7) is 9.31. The fourth-order valence-electron chi connectivity index (χ4n) is 2.52. The molecule has 1 N–H and O–H groups in total. The molecular weight excluding hydrogens is 282 g/mol. The Balaban J connectivity index is 2.39. The van der Waals surface area contributed by atoms with Crippen molar-refractivity contribution in [3.8, 4) is 0 Å². The fraction of sp³-hybridized carbons (Fsp3) is 0.412. The summed E-state index contributed by atoms with van der Waals surface area (Å²) in [5.41, 5.74) is 3.29. The minimum Gasteiger partial charge on any atom is -0.370 e. The molecule has 0 saturated carbocycles. The first kappa shape index (κ1) is 15.8. The van der Waals surface area contributed by atoms with Crippen molar-refractivity contribution in [3.05, 3.63) is 51.9 Å². The number of rotatable bonds is 5. The predicted octanol–water partition coefficient (Wildman–Crippen LogP) is 4.58. The second-order valence-corrected chi connectivity index (χ2v) is 5.85. The van der Waals surface area contributed by atoms with E-state index < -0.39 is 0 Å². The molecular formula is C17H22ClN3. The summed E-state index contributed by atoms with van der Waals surface area (Å²) in [6, 6.07) is 7.84. The lowest BCUT2D eigenvalue weighted by Gasteiger charge is -2.16. The van der Waals surface area contributed by atoms with Crippen LogP contribution in [-0.2, 0) is 6.42 Å². The van der Waals surface area contributed by atoms with Gasteiger partial charge >= 0.3 is 0 Å². The highest BCUT2D eigenvalue weighted by Crippen LogP contribution is 2.26. The van der Waals surface area contributed by atoms with Gasteiger partial charge in [-0.05, 0) is 31.4 Å². The third kappa shape index (κ3) is 3.73. The van der Waals surface area contributed by atoms with Crippen molar-refractivity contribution in [2.75, 3.05) is 11.9 Å². The van der Waals surface area contributed by atoms with Crippen LogP contribution in [0.2, 0.25) is 5.02 Å². The molecule has 1 heterocycles. The number of hydrogen-bond acceptors (Lipinski definition) is 3. The zero-order valence-corrected chi connectivity index (χ0v) is 13.8. The Morgan fingerprint density at radius 1 is 1.19 bits per heavy atom. The van der Waals surface area contributed by atoms with Crippen molar-refractivity contribution in [3.63, 3.8) is 0 Å². The van der Waals surface area contributed by atoms with Crippen molar-refractivity contribution < 1.29 is 0 Å². The monoisotopic (exact) mass is 303 g/mol. The molecule has 0 radical (unpaired) electrons. The van der Waals surface area contributed by atoms with E-state index in [-0.39, 0.29) is 0 Å². The maximum atomic E-state index is 6.23. The standard InChI is InChI=1S/C17H22ClN3/c1-5-19-17-16(11(2)3)12(4)20-15(21-17)10-13-8-6-7-9-14(13)18/h6-9,11H,5,10H2,1-4H3,(H,19,20,21). The lowest BCUT2D eigenvalue weighted by Crippen LogP contribution is -2.11. The van der Waals surface area contributed by atoms with E-state index in [0.717, 1.165) is 34.5 Å². The largest absolute Gasteiger partial charge is 0.370 e. The van der Waals surface area contributed by atoms with Crippen LogP contribution in [0.3, 0.4) is 0 Å². The van der Waals surface area contributed by atoms with Gasteiger partial charge in [0.05, 0.1) is 0 Å². The first-order chi connectivity index (χ1) is 10.0.